The highest BCUT2D eigenvalue weighted by molar-refractivity contribution is 8.01. The number of thiazole rings is 1. The number of para-hydroxylation sites is 1. The Balaban J connectivity index is 1.54. The van der Waals surface area contributed by atoms with Gasteiger partial charge < -0.3 is 30.3 Å². The number of fused-ring (bicyclic) bond motifs is 2. The van der Waals surface area contributed by atoms with Crippen LogP contribution in [-0.4, -0.2) is 120 Å². The lowest BCUT2D eigenvalue weighted by atomic mass is 9.85. The molecule has 42 heavy (non-hydrogen) atoms. The molecule has 13 nitrogen and oxygen atoms in total. The molecule has 2 aromatic rings. The predicted molar refractivity (Wildman–Crippen MR) is 153 cm³/mol. The summed E-state index contributed by atoms with van der Waals surface area (Å²) in [5.74, 6) is -5.69. The Kier molecular flexibility index (Phi) is 8.15. The number of thioether (sulfide) groups is 1. The number of hydrogen-bond donors (Lipinski definition) is 4. The van der Waals surface area contributed by atoms with Gasteiger partial charge in [-0.05, 0) is 26.0 Å². The molecule has 3 aliphatic heterocycles. The molecule has 4 heterocycles. The molecule has 5 rings (SSSR count). The normalized spacial score (nSPS) is 34.1. The second-order valence-electron chi connectivity index (χ2n) is 10.4. The first-order valence-electron chi connectivity index (χ1n) is 13.2. The summed E-state index contributed by atoms with van der Waals surface area (Å²) in [5, 5.41) is 33.1. The van der Waals surface area contributed by atoms with E-state index in [0.717, 1.165) is 39.6 Å². The Morgan fingerprint density at radius 1 is 1.21 bits per heavy atom. The van der Waals surface area contributed by atoms with Crippen LogP contribution >= 0.6 is 23.1 Å². The highest BCUT2D eigenvalue weighted by Gasteiger charge is 2.69. The SMILES string of the molecule is CC(=O)N1C2N([C@@H]3O[C@H](CO)C(O)C3O)C=NC2(C(C)=O)C(=N[C@H](C)CSc2nc3ccccc3s2)NC1(F)C(C)=O. The maximum atomic E-state index is 16.7. The van der Waals surface area contributed by atoms with E-state index in [2.05, 4.69) is 20.3 Å². The van der Waals surface area contributed by atoms with Crippen LogP contribution in [0, 0.1) is 0 Å². The average molecular weight is 623 g/mol. The molecule has 3 aliphatic rings. The van der Waals surface area contributed by atoms with Gasteiger partial charge in [0.2, 0.25) is 17.2 Å². The van der Waals surface area contributed by atoms with E-state index in [4.69, 9.17) is 4.74 Å². The van der Waals surface area contributed by atoms with Gasteiger partial charge in [0.15, 0.2) is 22.5 Å². The van der Waals surface area contributed by atoms with E-state index in [1.54, 1.807) is 6.92 Å². The van der Waals surface area contributed by atoms with Crippen LogP contribution in [-0.2, 0) is 19.1 Å². The lowest BCUT2D eigenvalue weighted by Crippen LogP contribution is -2.82. The number of amides is 1. The number of aliphatic imine (C=N–C) groups is 2. The summed E-state index contributed by atoms with van der Waals surface area (Å²) in [5.41, 5.74) is -1.17. The average Bonchev–Trinajstić information content (AvgIpc) is 3.61. The molecule has 4 N–H and O–H groups in total. The topological polar surface area (TPSA) is 177 Å². The van der Waals surface area contributed by atoms with E-state index >= 15 is 4.39 Å². The van der Waals surface area contributed by atoms with Crippen molar-refractivity contribution in [1.29, 1.82) is 0 Å². The van der Waals surface area contributed by atoms with Gasteiger partial charge in [-0.15, -0.1) is 11.3 Å². The number of ether oxygens (including phenoxy) is 1. The number of aromatic nitrogens is 1. The van der Waals surface area contributed by atoms with E-state index in [0.29, 0.717) is 10.7 Å². The molecular formula is C26H31FN6O7S2. The molecule has 0 saturated carbocycles. The summed E-state index contributed by atoms with van der Waals surface area (Å²) in [7, 11) is 0. The molecule has 16 heteroatoms. The maximum absolute atomic E-state index is 16.7. The quantitative estimate of drug-likeness (QED) is 0.235. The highest BCUT2D eigenvalue weighted by atomic mass is 32.2. The summed E-state index contributed by atoms with van der Waals surface area (Å²) in [6, 6.07) is 7.14. The first-order chi connectivity index (χ1) is 19.8. The van der Waals surface area contributed by atoms with Crippen molar-refractivity contribution in [1.82, 2.24) is 20.1 Å². The summed E-state index contributed by atoms with van der Waals surface area (Å²) < 4.78 is 24.1. The number of halogens is 1. The molecule has 2 fully saturated rings. The van der Waals surface area contributed by atoms with Crippen molar-refractivity contribution in [3.63, 3.8) is 0 Å². The van der Waals surface area contributed by atoms with Crippen LogP contribution in [0.1, 0.15) is 27.7 Å². The molecule has 1 amide bonds. The zero-order chi connectivity index (χ0) is 30.6. The van der Waals surface area contributed by atoms with Gasteiger partial charge in [-0.25, -0.2) is 9.98 Å². The third kappa shape index (κ3) is 4.79. The van der Waals surface area contributed by atoms with E-state index < -0.39 is 72.3 Å². The Bertz CT molecular complexity index is 1440. The van der Waals surface area contributed by atoms with Gasteiger partial charge in [-0.1, -0.05) is 23.9 Å². The molecule has 1 aromatic carbocycles. The van der Waals surface area contributed by atoms with Crippen LogP contribution in [0.5, 0.6) is 0 Å². The van der Waals surface area contributed by atoms with Crippen LogP contribution in [0.3, 0.4) is 0 Å². The Hall–Kier alpha value is -3.02. The first-order valence-corrected chi connectivity index (χ1v) is 15.0. The number of ketones is 2. The van der Waals surface area contributed by atoms with Crippen molar-refractivity contribution < 1.29 is 38.8 Å². The molecule has 0 spiro atoms. The predicted octanol–water partition coefficient (Wildman–Crippen LogP) is 0.276. The van der Waals surface area contributed by atoms with E-state index in [-0.39, 0.29) is 5.84 Å². The van der Waals surface area contributed by atoms with Crippen molar-refractivity contribution in [2.75, 3.05) is 12.4 Å². The van der Waals surface area contributed by atoms with E-state index in [9.17, 15) is 29.7 Å². The Labute approximate surface area is 248 Å². The zero-order valence-corrected chi connectivity index (χ0v) is 24.8. The smallest absolute Gasteiger partial charge is 0.322 e. The fourth-order valence-corrected chi connectivity index (χ4v) is 7.43. The molecule has 1 aromatic heterocycles. The van der Waals surface area contributed by atoms with Gasteiger partial charge >= 0.3 is 5.92 Å². The van der Waals surface area contributed by atoms with Crippen LogP contribution in [0.2, 0.25) is 0 Å². The molecule has 0 aliphatic carbocycles. The van der Waals surface area contributed by atoms with Crippen LogP contribution in [0.4, 0.5) is 4.39 Å². The van der Waals surface area contributed by atoms with Gasteiger partial charge in [0, 0.05) is 19.6 Å². The number of hydrogen-bond acceptors (Lipinski definition) is 13. The minimum Gasteiger partial charge on any atom is -0.394 e. The number of benzene rings is 1. The molecular weight excluding hydrogens is 591 g/mol. The Morgan fingerprint density at radius 3 is 2.52 bits per heavy atom. The van der Waals surface area contributed by atoms with Gasteiger partial charge in [0.05, 0.1) is 29.2 Å². The van der Waals surface area contributed by atoms with Gasteiger partial charge in [0.1, 0.15) is 24.1 Å². The number of amidine groups is 1. The van der Waals surface area contributed by atoms with E-state index in [1.807, 2.05) is 24.3 Å². The number of nitrogens with one attached hydrogen (secondary N) is 1. The van der Waals surface area contributed by atoms with Crippen LogP contribution in [0.25, 0.3) is 10.2 Å². The number of nitrogens with zero attached hydrogens (tertiary/aromatic N) is 5. The fraction of sp³-hybridized carbons (Fsp3) is 0.538. The molecule has 8 atom stereocenters. The summed E-state index contributed by atoms with van der Waals surface area (Å²) in [6.45, 7) is 4.26. The number of Topliss-reactive ketones (excluding diaryl/α,β-unsaturated/α-hetero) is 2. The largest absolute Gasteiger partial charge is 0.394 e. The van der Waals surface area contributed by atoms with Crippen molar-refractivity contribution >= 4 is 63.0 Å². The number of aliphatic hydroxyl groups excluding tert-OH is 3. The monoisotopic (exact) mass is 622 g/mol. The summed E-state index contributed by atoms with van der Waals surface area (Å²) >= 11 is 2.93. The number of aliphatic hydroxyl groups is 3. The highest BCUT2D eigenvalue weighted by Crippen LogP contribution is 2.42. The van der Waals surface area contributed by atoms with Gasteiger partial charge in [-0.3, -0.25) is 24.3 Å². The van der Waals surface area contributed by atoms with E-state index in [1.165, 1.54) is 30.0 Å². The van der Waals surface area contributed by atoms with Crippen LogP contribution in [0.15, 0.2) is 38.6 Å². The third-order valence-corrected chi connectivity index (χ3v) is 9.92. The van der Waals surface area contributed by atoms with Crippen molar-refractivity contribution in [3.8, 4) is 0 Å². The molecule has 2 saturated heterocycles. The second kappa shape index (κ2) is 11.2. The number of alkyl halides is 1. The first kappa shape index (κ1) is 30.4. The number of carbonyl (C=O) groups excluding carboxylic acids is 3. The summed E-state index contributed by atoms with van der Waals surface area (Å²) in [6.07, 6.45) is -6.34. The number of carbonyl (C=O) groups is 3. The molecule has 0 radical (unpaired) electrons. The zero-order valence-electron chi connectivity index (χ0n) is 23.2. The molecule has 0 bridgehead atoms. The van der Waals surface area contributed by atoms with Crippen molar-refractivity contribution in [2.45, 2.75) is 80.2 Å². The maximum Gasteiger partial charge on any atom is 0.322 e. The Morgan fingerprint density at radius 2 is 1.93 bits per heavy atom. The second-order valence-corrected chi connectivity index (χ2v) is 12.7. The molecule has 5 unspecified atom stereocenters. The molecule has 226 valence electrons. The lowest BCUT2D eigenvalue weighted by molar-refractivity contribution is -0.188. The number of rotatable bonds is 8. The van der Waals surface area contributed by atoms with Gasteiger partial charge in [0.25, 0.3) is 0 Å². The minimum absolute atomic E-state index is 0.280. The van der Waals surface area contributed by atoms with Gasteiger partial charge in [-0.2, -0.15) is 4.39 Å². The van der Waals surface area contributed by atoms with Crippen LogP contribution < -0.4 is 5.32 Å². The standard InChI is InChI=1S/C26H31FN6O7S2/c1-12(10-41-24-30-16-7-5-6-8-18(16)42-24)29-22-25(13(2)35)23(33(15(4)37)26(27,31-22)14(3)36)32(11-28-25)21-20(39)19(38)17(9-34)40-21/h5-8,11-12,17,19-21,23,34,38-39H,9-10H2,1-4H3,(H,29,31)/t12-,17-,19?,20?,21-,23?,25?,26?/m1/s1. The van der Waals surface area contributed by atoms with Crippen molar-refractivity contribution in [3.05, 3.63) is 24.3 Å². The van der Waals surface area contributed by atoms with Crippen molar-refractivity contribution in [2.24, 2.45) is 9.98 Å². The third-order valence-electron chi connectivity index (χ3n) is 7.50. The fourth-order valence-electron chi connectivity index (χ4n) is 5.40. The summed E-state index contributed by atoms with van der Waals surface area (Å²) in [4.78, 5) is 54.4. The minimum atomic E-state index is -3.14. The lowest BCUT2D eigenvalue weighted by Gasteiger charge is -2.53.